The first-order chi connectivity index (χ1) is 18.4. The Morgan fingerprint density at radius 2 is 1.50 bits per heavy atom. The summed E-state index contributed by atoms with van der Waals surface area (Å²) in [6.07, 6.45) is -1.68. The number of benzene rings is 3. The van der Waals surface area contributed by atoms with Crippen LogP contribution in [0.25, 0.3) is 22.5 Å². The Hall–Kier alpha value is -3.59. The van der Waals surface area contributed by atoms with Gasteiger partial charge >= 0.3 is 6.18 Å². The smallest absolute Gasteiger partial charge is 0.346 e. The number of thioether (sulfide) groups is 1. The van der Waals surface area contributed by atoms with Gasteiger partial charge in [-0.1, -0.05) is 103 Å². The van der Waals surface area contributed by atoms with E-state index in [1.807, 2.05) is 78.9 Å². The Labute approximate surface area is 223 Å². The molecule has 0 spiro atoms. The molecule has 2 N–H and O–H groups in total. The van der Waals surface area contributed by atoms with E-state index in [9.17, 15) is 18.0 Å². The Kier molecular flexibility index (Phi) is 7.56. The summed E-state index contributed by atoms with van der Waals surface area (Å²) in [5.74, 6) is 0.918. The number of hydrogen-bond acceptors (Lipinski definition) is 4. The molecule has 38 heavy (non-hydrogen) atoms. The number of fused-ring (bicyclic) bond motifs is 3. The Morgan fingerprint density at radius 3 is 2.16 bits per heavy atom. The third kappa shape index (κ3) is 5.34. The van der Waals surface area contributed by atoms with Crippen molar-refractivity contribution < 1.29 is 18.0 Å². The Bertz CT molecular complexity index is 1360. The van der Waals surface area contributed by atoms with Gasteiger partial charge in [-0.2, -0.15) is 13.2 Å². The van der Waals surface area contributed by atoms with Gasteiger partial charge in [0.05, 0.1) is 0 Å². The summed E-state index contributed by atoms with van der Waals surface area (Å²) in [6.45, 7) is -1.35. The van der Waals surface area contributed by atoms with Crippen LogP contribution in [0.3, 0.4) is 0 Å². The van der Waals surface area contributed by atoms with E-state index in [0.29, 0.717) is 18.0 Å². The molecule has 5 rings (SSSR count). The topological polar surface area (TPSA) is 70.7 Å². The van der Waals surface area contributed by atoms with Crippen LogP contribution in [-0.2, 0) is 10.2 Å². The summed E-state index contributed by atoms with van der Waals surface area (Å²) in [6, 6.07) is 24.8. The zero-order chi connectivity index (χ0) is 26.6. The van der Waals surface area contributed by atoms with Crippen molar-refractivity contribution in [1.29, 1.82) is 0 Å². The first-order valence-corrected chi connectivity index (χ1v) is 13.5. The lowest BCUT2D eigenvalue weighted by molar-refractivity contribution is -0.141. The average Bonchev–Trinajstić information content (AvgIpc) is 3.51. The van der Waals surface area contributed by atoms with Gasteiger partial charge < -0.3 is 5.32 Å². The molecule has 1 aliphatic rings. The van der Waals surface area contributed by atoms with E-state index >= 15 is 0 Å². The van der Waals surface area contributed by atoms with Crippen LogP contribution in [0.5, 0.6) is 0 Å². The van der Waals surface area contributed by atoms with Gasteiger partial charge in [-0.25, -0.2) is 4.98 Å². The normalized spacial score (nSPS) is 13.7. The molecule has 9 heteroatoms. The Morgan fingerprint density at radius 1 is 0.868 bits per heavy atom. The first-order valence-electron chi connectivity index (χ1n) is 12.5. The number of unbranched alkanes of at least 4 members (excludes halogenated alkanes) is 2. The van der Waals surface area contributed by atoms with Crippen LogP contribution in [0.15, 0.2) is 84.0 Å². The maximum absolute atomic E-state index is 13.5. The van der Waals surface area contributed by atoms with Crippen LogP contribution in [0.2, 0.25) is 0 Å². The highest BCUT2D eigenvalue weighted by atomic mass is 32.2. The van der Waals surface area contributed by atoms with E-state index in [1.54, 1.807) is 11.8 Å². The van der Waals surface area contributed by atoms with Crippen LogP contribution >= 0.6 is 11.8 Å². The van der Waals surface area contributed by atoms with Crippen LogP contribution in [0, 0.1) is 0 Å². The number of rotatable bonds is 10. The van der Waals surface area contributed by atoms with Crippen molar-refractivity contribution in [3.8, 4) is 22.5 Å². The number of H-pyrrole nitrogens is 1. The predicted molar refractivity (Wildman–Crippen MR) is 143 cm³/mol. The van der Waals surface area contributed by atoms with Crippen molar-refractivity contribution in [2.45, 2.75) is 42.4 Å². The summed E-state index contributed by atoms with van der Waals surface area (Å²) in [7, 11) is 0. The number of nitrogens with one attached hydrogen (secondary N) is 2. The van der Waals surface area contributed by atoms with Crippen molar-refractivity contribution in [2.75, 3.05) is 12.3 Å². The van der Waals surface area contributed by atoms with Gasteiger partial charge in [0.25, 0.3) is 0 Å². The fourth-order valence-corrected chi connectivity index (χ4v) is 5.95. The molecule has 0 fully saturated rings. The van der Waals surface area contributed by atoms with Crippen molar-refractivity contribution >= 4 is 17.7 Å². The molecule has 1 amide bonds. The molecule has 0 aliphatic heterocycles. The van der Waals surface area contributed by atoms with Gasteiger partial charge in [0, 0.05) is 11.3 Å². The van der Waals surface area contributed by atoms with Crippen molar-refractivity contribution in [2.24, 2.45) is 0 Å². The number of hydrogen-bond donors (Lipinski definition) is 2. The molecule has 0 saturated heterocycles. The van der Waals surface area contributed by atoms with E-state index in [1.165, 1.54) is 0 Å². The second kappa shape index (κ2) is 11.0. The molecule has 0 saturated carbocycles. The molecule has 1 aliphatic carbocycles. The fraction of sp³-hybridized carbons (Fsp3) is 0.276. The first kappa shape index (κ1) is 26.0. The van der Waals surface area contributed by atoms with Gasteiger partial charge in [0.15, 0.2) is 5.82 Å². The van der Waals surface area contributed by atoms with Crippen LogP contribution in [0.1, 0.15) is 36.8 Å². The lowest BCUT2D eigenvalue weighted by atomic mass is 9.73. The summed E-state index contributed by atoms with van der Waals surface area (Å²) in [5, 5.41) is 10.1. The van der Waals surface area contributed by atoms with Gasteiger partial charge in [0.1, 0.15) is 12.0 Å². The third-order valence-electron chi connectivity index (χ3n) is 6.84. The minimum atomic E-state index is -4.48. The molecule has 1 heterocycles. The molecule has 0 radical (unpaired) electrons. The summed E-state index contributed by atoms with van der Waals surface area (Å²) in [4.78, 5) is 18.1. The standard InChI is InChI=1S/C29H27F3N4OS/c30-29(31,32)19-33-26(37)28(23-15-7-5-13-21(23)22-14-6-8-16-24(22)28)17-9-2-10-18-38-27-34-25(35-36-27)20-11-3-1-4-12-20/h1,3-8,11-16H,2,9-10,17-19H2,(H,33,37)(H,34,35,36). The third-order valence-corrected chi connectivity index (χ3v) is 7.77. The van der Waals surface area contributed by atoms with E-state index < -0.39 is 24.0 Å². The minimum Gasteiger partial charge on any atom is -0.346 e. The largest absolute Gasteiger partial charge is 0.405 e. The highest BCUT2D eigenvalue weighted by Gasteiger charge is 2.49. The van der Waals surface area contributed by atoms with Gasteiger partial charge in [-0.15, -0.1) is 5.10 Å². The number of aromatic amines is 1. The second-order valence-corrected chi connectivity index (χ2v) is 10.3. The number of aromatic nitrogens is 3. The average molecular weight is 537 g/mol. The number of amides is 1. The summed E-state index contributed by atoms with van der Waals surface area (Å²) < 4.78 is 39.1. The molecule has 5 nitrogen and oxygen atoms in total. The molecule has 0 unspecified atom stereocenters. The van der Waals surface area contributed by atoms with Crippen molar-refractivity contribution in [3.05, 3.63) is 90.0 Å². The highest BCUT2D eigenvalue weighted by molar-refractivity contribution is 7.99. The molecule has 0 atom stereocenters. The molecule has 1 aromatic heterocycles. The van der Waals surface area contributed by atoms with Crippen molar-refractivity contribution in [3.63, 3.8) is 0 Å². The monoisotopic (exact) mass is 536 g/mol. The lowest BCUT2D eigenvalue weighted by Gasteiger charge is -2.31. The maximum atomic E-state index is 13.5. The molecule has 196 valence electrons. The predicted octanol–water partition coefficient (Wildman–Crippen LogP) is 6.77. The lowest BCUT2D eigenvalue weighted by Crippen LogP contribution is -2.47. The molecular formula is C29H27F3N4OS. The van der Waals surface area contributed by atoms with Crippen LogP contribution in [0.4, 0.5) is 13.2 Å². The molecule has 0 bridgehead atoms. The minimum absolute atomic E-state index is 0.425. The van der Waals surface area contributed by atoms with Gasteiger partial charge in [-0.05, 0) is 35.1 Å². The number of carbonyl (C=O) groups excluding carboxylic acids is 1. The van der Waals surface area contributed by atoms with E-state index in [2.05, 4.69) is 20.5 Å². The van der Waals surface area contributed by atoms with Crippen LogP contribution in [-0.4, -0.2) is 39.6 Å². The van der Waals surface area contributed by atoms with Crippen LogP contribution < -0.4 is 5.32 Å². The van der Waals surface area contributed by atoms with Gasteiger partial charge in [0.2, 0.25) is 11.1 Å². The van der Waals surface area contributed by atoms with Gasteiger partial charge in [-0.3, -0.25) is 9.89 Å². The zero-order valence-corrected chi connectivity index (χ0v) is 21.4. The number of alkyl halides is 3. The summed E-state index contributed by atoms with van der Waals surface area (Å²) >= 11 is 1.55. The molecule has 3 aromatic carbocycles. The van der Waals surface area contributed by atoms with E-state index in [-0.39, 0.29) is 0 Å². The number of carbonyl (C=O) groups is 1. The highest BCUT2D eigenvalue weighted by Crippen LogP contribution is 2.51. The Balaban J connectivity index is 1.26. The maximum Gasteiger partial charge on any atom is 0.405 e. The summed E-state index contributed by atoms with van der Waals surface area (Å²) in [5.41, 5.74) is 3.16. The van der Waals surface area contributed by atoms with E-state index in [0.717, 1.165) is 52.2 Å². The molecular weight excluding hydrogens is 509 g/mol. The van der Waals surface area contributed by atoms with Crippen molar-refractivity contribution in [1.82, 2.24) is 20.5 Å². The zero-order valence-electron chi connectivity index (χ0n) is 20.6. The quantitative estimate of drug-likeness (QED) is 0.173. The molecule has 4 aromatic rings. The SMILES string of the molecule is O=C(NCC(F)(F)F)C1(CCCCCSc2n[nH]c(-c3ccccc3)n2)c2ccccc2-c2ccccc21. The number of halogens is 3. The second-order valence-electron chi connectivity index (χ2n) is 9.29. The fourth-order valence-electron chi connectivity index (χ4n) is 5.15. The van der Waals surface area contributed by atoms with E-state index in [4.69, 9.17) is 0 Å². The number of nitrogens with zero attached hydrogens (tertiary/aromatic N) is 2.